The van der Waals surface area contributed by atoms with Crippen LogP contribution in [0.2, 0.25) is 0 Å². The molecule has 1 saturated heterocycles. The van der Waals surface area contributed by atoms with E-state index >= 15 is 0 Å². The zero-order chi connectivity index (χ0) is 16.8. The van der Waals surface area contributed by atoms with Gasteiger partial charge in [0.05, 0.1) is 11.6 Å². The number of hydrazine groups is 1. The third-order valence-electron chi connectivity index (χ3n) is 4.04. The third kappa shape index (κ3) is 4.81. The lowest BCUT2D eigenvalue weighted by molar-refractivity contribution is -0.120. The van der Waals surface area contributed by atoms with Gasteiger partial charge in [-0.15, -0.1) is 11.6 Å². The van der Waals surface area contributed by atoms with E-state index in [1.807, 2.05) is 12.1 Å². The fraction of sp³-hybridized carbons (Fsp3) is 0.412. The monoisotopic (exact) mass is 334 g/mol. The van der Waals surface area contributed by atoms with Gasteiger partial charge in [-0.3, -0.25) is 4.79 Å². The van der Waals surface area contributed by atoms with Crippen LogP contribution in [0, 0.1) is 5.92 Å². The topological polar surface area (TPSA) is 61.9 Å². The van der Waals surface area contributed by atoms with Crippen molar-refractivity contribution in [3.8, 4) is 0 Å². The van der Waals surface area contributed by atoms with Gasteiger partial charge in [-0.05, 0) is 30.5 Å². The van der Waals surface area contributed by atoms with E-state index in [-0.39, 0.29) is 17.6 Å². The Kier molecular flexibility index (Phi) is 6.19. The molecule has 1 aliphatic heterocycles. The van der Waals surface area contributed by atoms with E-state index in [9.17, 15) is 4.79 Å². The number of anilines is 1. The molecule has 2 rings (SSSR count). The predicted octanol–water partition coefficient (Wildman–Crippen LogP) is 2.52. The number of alkyl halides is 1. The summed E-state index contributed by atoms with van der Waals surface area (Å²) in [6.07, 6.45) is 3.26. The quantitative estimate of drug-likeness (QED) is 0.285. The summed E-state index contributed by atoms with van der Waals surface area (Å²) in [5, 5.41) is 1.38. The van der Waals surface area contributed by atoms with Crippen LogP contribution in [0.3, 0.4) is 0 Å². The van der Waals surface area contributed by atoms with Gasteiger partial charge in [0.25, 0.3) is 0 Å². The van der Waals surface area contributed by atoms with E-state index in [1.54, 1.807) is 7.05 Å². The van der Waals surface area contributed by atoms with Gasteiger partial charge >= 0.3 is 0 Å². The molecule has 1 aromatic carbocycles. The minimum Gasteiger partial charge on any atom is -0.371 e. The highest BCUT2D eigenvalue weighted by atomic mass is 35.5. The number of hydrogen-bond donors (Lipinski definition) is 1. The zero-order valence-electron chi connectivity index (χ0n) is 13.4. The van der Waals surface area contributed by atoms with Crippen molar-refractivity contribution < 1.29 is 4.79 Å². The first-order valence-electron chi connectivity index (χ1n) is 7.66. The van der Waals surface area contributed by atoms with Crippen LogP contribution in [0.4, 0.5) is 5.69 Å². The lowest BCUT2D eigenvalue weighted by atomic mass is 9.93. The van der Waals surface area contributed by atoms with Crippen molar-refractivity contribution >= 4 is 35.1 Å². The number of halogens is 1. The van der Waals surface area contributed by atoms with E-state index in [1.165, 1.54) is 11.3 Å². The van der Waals surface area contributed by atoms with Crippen LogP contribution in [0.15, 0.2) is 35.8 Å². The summed E-state index contributed by atoms with van der Waals surface area (Å²) in [6, 6.07) is 8.13. The first kappa shape index (κ1) is 17.5. The lowest BCUT2D eigenvalue weighted by Gasteiger charge is -2.32. The number of carbonyl (C=O) groups excluding carboxylic acids is 1. The Morgan fingerprint density at radius 3 is 2.57 bits per heavy atom. The van der Waals surface area contributed by atoms with E-state index in [4.69, 9.17) is 17.4 Å². The minimum absolute atomic E-state index is 0.116. The third-order valence-corrected chi connectivity index (χ3v) is 4.31. The molecule has 23 heavy (non-hydrogen) atoms. The average molecular weight is 335 g/mol. The second-order valence-electron chi connectivity index (χ2n) is 5.76. The minimum atomic E-state index is 0.116. The number of rotatable bonds is 6. The van der Waals surface area contributed by atoms with Crippen molar-refractivity contribution in [1.82, 2.24) is 5.01 Å². The van der Waals surface area contributed by atoms with E-state index in [0.29, 0.717) is 5.70 Å². The van der Waals surface area contributed by atoms with E-state index in [0.717, 1.165) is 37.2 Å². The van der Waals surface area contributed by atoms with Gasteiger partial charge in [-0.2, -0.15) is 0 Å². The SMILES string of the molecule is C=C(N=CN(C)N)c1ccc(N2CCC(C(=O)CCl)CC2)cc1. The summed E-state index contributed by atoms with van der Waals surface area (Å²) in [5.41, 5.74) is 2.78. The predicted molar refractivity (Wildman–Crippen MR) is 96.6 cm³/mol. The molecular formula is C17H23ClN4O. The molecule has 6 heteroatoms. The summed E-state index contributed by atoms with van der Waals surface area (Å²) < 4.78 is 0. The van der Waals surface area contributed by atoms with Gasteiger partial charge in [0, 0.05) is 31.7 Å². The number of benzene rings is 1. The summed E-state index contributed by atoms with van der Waals surface area (Å²) >= 11 is 5.64. The molecule has 0 aliphatic carbocycles. The summed E-state index contributed by atoms with van der Waals surface area (Å²) in [4.78, 5) is 18.1. The standard InChI is InChI=1S/C17H23ClN4O/c1-13(20-12-21(2)19)14-3-5-16(6-4-14)22-9-7-15(8-10-22)17(23)11-18/h3-6,12,15H,1,7-11,19H2,2H3. The Morgan fingerprint density at radius 2 is 2.04 bits per heavy atom. The van der Waals surface area contributed by atoms with Crippen LogP contribution in [0.5, 0.6) is 0 Å². The lowest BCUT2D eigenvalue weighted by Crippen LogP contribution is -2.36. The number of ketones is 1. The molecule has 0 amide bonds. The fourth-order valence-electron chi connectivity index (χ4n) is 2.67. The highest BCUT2D eigenvalue weighted by Crippen LogP contribution is 2.25. The molecule has 2 N–H and O–H groups in total. The van der Waals surface area contributed by atoms with Crippen molar-refractivity contribution in [3.63, 3.8) is 0 Å². The second-order valence-corrected chi connectivity index (χ2v) is 6.03. The fourth-order valence-corrected chi connectivity index (χ4v) is 2.89. The molecule has 0 saturated carbocycles. The molecule has 124 valence electrons. The molecule has 0 bridgehead atoms. The highest BCUT2D eigenvalue weighted by molar-refractivity contribution is 6.27. The molecule has 0 spiro atoms. The van der Waals surface area contributed by atoms with Gasteiger partial charge in [0.2, 0.25) is 0 Å². The number of Topliss-reactive ketones (excluding diaryl/α,β-unsaturated/α-hetero) is 1. The van der Waals surface area contributed by atoms with Gasteiger partial charge < -0.3 is 9.91 Å². The normalized spacial score (nSPS) is 15.9. The molecule has 1 heterocycles. The number of nitrogens with zero attached hydrogens (tertiary/aromatic N) is 3. The summed E-state index contributed by atoms with van der Waals surface area (Å²) in [6.45, 7) is 5.69. The van der Waals surface area contributed by atoms with Crippen molar-refractivity contribution in [2.45, 2.75) is 12.8 Å². The number of hydrogen-bond acceptors (Lipinski definition) is 4. The Balaban J connectivity index is 1.96. The number of carbonyl (C=O) groups is 1. The van der Waals surface area contributed by atoms with Crippen LogP contribution >= 0.6 is 11.6 Å². The maximum absolute atomic E-state index is 11.7. The summed E-state index contributed by atoms with van der Waals surface area (Å²) in [7, 11) is 1.71. The first-order chi connectivity index (χ1) is 11.0. The first-order valence-corrected chi connectivity index (χ1v) is 8.19. The number of aliphatic imine (C=N–C) groups is 1. The molecule has 0 aromatic heterocycles. The van der Waals surface area contributed by atoms with Crippen molar-refractivity contribution in [1.29, 1.82) is 0 Å². The molecular weight excluding hydrogens is 312 g/mol. The van der Waals surface area contributed by atoms with Gasteiger partial charge in [-0.25, -0.2) is 10.8 Å². The van der Waals surface area contributed by atoms with Gasteiger partial charge in [0.15, 0.2) is 5.78 Å². The van der Waals surface area contributed by atoms with Crippen molar-refractivity contribution in [3.05, 3.63) is 36.4 Å². The molecule has 1 aromatic rings. The average Bonchev–Trinajstić information content (AvgIpc) is 2.59. The molecule has 1 aliphatic rings. The largest absolute Gasteiger partial charge is 0.371 e. The van der Waals surface area contributed by atoms with Crippen molar-refractivity contribution in [2.24, 2.45) is 16.8 Å². The maximum Gasteiger partial charge on any atom is 0.150 e. The smallest absolute Gasteiger partial charge is 0.150 e. The molecule has 5 nitrogen and oxygen atoms in total. The maximum atomic E-state index is 11.7. The number of piperidine rings is 1. The van der Waals surface area contributed by atoms with E-state index < -0.39 is 0 Å². The van der Waals surface area contributed by atoms with Gasteiger partial charge in [-0.1, -0.05) is 18.7 Å². The van der Waals surface area contributed by atoms with Crippen LogP contribution in [0.1, 0.15) is 18.4 Å². The molecule has 0 atom stereocenters. The molecule has 0 unspecified atom stereocenters. The Hall–Kier alpha value is -1.85. The van der Waals surface area contributed by atoms with Crippen LogP contribution in [-0.4, -0.2) is 43.1 Å². The Labute approximate surface area is 142 Å². The number of nitrogens with two attached hydrogens (primary N) is 1. The van der Waals surface area contributed by atoms with Crippen molar-refractivity contribution in [2.75, 3.05) is 30.9 Å². The Morgan fingerprint density at radius 1 is 1.43 bits per heavy atom. The van der Waals surface area contributed by atoms with Crippen LogP contribution in [-0.2, 0) is 4.79 Å². The highest BCUT2D eigenvalue weighted by Gasteiger charge is 2.24. The van der Waals surface area contributed by atoms with E-state index in [2.05, 4.69) is 28.6 Å². The van der Waals surface area contributed by atoms with Crippen LogP contribution < -0.4 is 10.7 Å². The van der Waals surface area contributed by atoms with Gasteiger partial charge in [0.1, 0.15) is 6.34 Å². The Bertz CT molecular complexity index is 575. The summed E-state index contributed by atoms with van der Waals surface area (Å²) in [5.74, 6) is 5.90. The molecule has 0 radical (unpaired) electrons. The second kappa shape index (κ2) is 8.13. The van der Waals surface area contributed by atoms with Crippen LogP contribution in [0.25, 0.3) is 5.70 Å². The molecule has 1 fully saturated rings. The zero-order valence-corrected chi connectivity index (χ0v) is 14.2.